The van der Waals surface area contributed by atoms with E-state index in [-0.39, 0.29) is 21.4 Å². The Hall–Kier alpha value is -4.68. The summed E-state index contributed by atoms with van der Waals surface area (Å²) in [6, 6.07) is 15.8. The van der Waals surface area contributed by atoms with Crippen molar-refractivity contribution in [2.45, 2.75) is 0 Å². The van der Waals surface area contributed by atoms with Crippen LogP contribution < -0.4 is 10.9 Å². The first kappa shape index (κ1) is 24.4. The molecule has 0 aliphatic carbocycles. The van der Waals surface area contributed by atoms with E-state index in [1.165, 1.54) is 36.7 Å². The van der Waals surface area contributed by atoms with E-state index in [2.05, 4.69) is 31.3 Å². The number of aromatic nitrogens is 2. The summed E-state index contributed by atoms with van der Waals surface area (Å²) in [5.74, 6) is 0.682. The quantitative estimate of drug-likeness (QED) is 0.170. The standard InChI is InChI=1S/C22H14Cl2N8O4/c23-17-7-5-13(9-19(17)31(33)34)11-25-27-21-15-3-1-2-4-16(15)22(30-29-21)28-26-12-14-6-8-18(24)20(10-14)32(35)36/h1-12H,(H,27,29)(H,28,30)/b25-11-,26-12-. The molecule has 36 heavy (non-hydrogen) atoms. The summed E-state index contributed by atoms with van der Waals surface area (Å²) >= 11 is 11.7. The lowest BCUT2D eigenvalue weighted by atomic mass is 10.2. The van der Waals surface area contributed by atoms with Gasteiger partial charge >= 0.3 is 0 Å². The molecule has 0 radical (unpaired) electrons. The summed E-state index contributed by atoms with van der Waals surface area (Å²) in [7, 11) is 0. The Balaban J connectivity index is 1.53. The highest BCUT2D eigenvalue weighted by molar-refractivity contribution is 6.33. The molecule has 1 aromatic heterocycles. The maximum atomic E-state index is 11.1. The molecule has 0 bridgehead atoms. The molecule has 0 saturated heterocycles. The summed E-state index contributed by atoms with van der Waals surface area (Å²) in [4.78, 5) is 21.0. The van der Waals surface area contributed by atoms with Crippen molar-refractivity contribution in [1.29, 1.82) is 0 Å². The minimum absolute atomic E-state index is 0.0296. The smallest absolute Gasteiger partial charge is 0.259 e. The minimum Gasteiger partial charge on any atom is -0.259 e. The topological polar surface area (TPSA) is 161 Å². The van der Waals surface area contributed by atoms with E-state index >= 15 is 0 Å². The summed E-state index contributed by atoms with van der Waals surface area (Å²) < 4.78 is 0. The number of halogens is 2. The van der Waals surface area contributed by atoms with Gasteiger partial charge in [0.1, 0.15) is 10.0 Å². The number of rotatable bonds is 8. The van der Waals surface area contributed by atoms with Crippen LogP contribution in [0.2, 0.25) is 10.0 Å². The maximum Gasteiger partial charge on any atom is 0.288 e. The van der Waals surface area contributed by atoms with E-state index in [1.54, 1.807) is 36.4 Å². The number of hydrogen-bond donors (Lipinski definition) is 2. The predicted molar refractivity (Wildman–Crippen MR) is 138 cm³/mol. The van der Waals surface area contributed by atoms with Crippen LogP contribution in [0.1, 0.15) is 11.1 Å². The second-order valence-electron chi connectivity index (χ2n) is 7.12. The molecular weight excluding hydrogens is 511 g/mol. The van der Waals surface area contributed by atoms with Gasteiger partial charge in [0.05, 0.1) is 22.3 Å². The van der Waals surface area contributed by atoms with Gasteiger partial charge in [-0.05, 0) is 12.1 Å². The van der Waals surface area contributed by atoms with Crippen LogP contribution in [0.5, 0.6) is 0 Å². The number of benzene rings is 3. The highest BCUT2D eigenvalue weighted by Gasteiger charge is 2.13. The van der Waals surface area contributed by atoms with Crippen LogP contribution in [0.4, 0.5) is 23.0 Å². The van der Waals surface area contributed by atoms with Crippen LogP contribution in [0, 0.1) is 20.2 Å². The van der Waals surface area contributed by atoms with Crippen molar-refractivity contribution in [3.8, 4) is 0 Å². The second kappa shape index (κ2) is 10.7. The number of nitro benzene ring substituents is 2. The van der Waals surface area contributed by atoms with Crippen molar-refractivity contribution in [1.82, 2.24) is 10.2 Å². The van der Waals surface area contributed by atoms with E-state index < -0.39 is 9.85 Å². The molecule has 14 heteroatoms. The summed E-state index contributed by atoms with van der Waals surface area (Å²) in [5, 5.41) is 39.9. The molecule has 0 aliphatic rings. The molecule has 0 unspecified atom stereocenters. The molecule has 0 amide bonds. The Bertz CT molecular complexity index is 1430. The third-order valence-electron chi connectivity index (χ3n) is 4.79. The molecule has 0 spiro atoms. The molecule has 0 aliphatic heterocycles. The first-order valence-corrected chi connectivity index (χ1v) is 10.8. The molecule has 0 fully saturated rings. The highest BCUT2D eigenvalue weighted by Crippen LogP contribution is 2.27. The number of nitrogens with one attached hydrogen (secondary N) is 2. The second-order valence-corrected chi connectivity index (χ2v) is 7.93. The largest absolute Gasteiger partial charge is 0.288 e. The van der Waals surface area contributed by atoms with Crippen molar-refractivity contribution < 1.29 is 9.85 Å². The number of fused-ring (bicyclic) bond motifs is 1. The van der Waals surface area contributed by atoms with Gasteiger partial charge in [0.25, 0.3) is 11.4 Å². The minimum atomic E-state index is -0.575. The number of hydrogen-bond acceptors (Lipinski definition) is 10. The van der Waals surface area contributed by atoms with Crippen LogP contribution in [0.25, 0.3) is 10.8 Å². The molecule has 4 aromatic rings. The number of hydrazone groups is 2. The molecule has 0 saturated carbocycles. The molecule has 2 N–H and O–H groups in total. The average molecular weight is 525 g/mol. The number of nitro groups is 2. The fourth-order valence-electron chi connectivity index (χ4n) is 3.10. The zero-order valence-electron chi connectivity index (χ0n) is 18.0. The van der Waals surface area contributed by atoms with Crippen LogP contribution in [-0.4, -0.2) is 32.5 Å². The summed E-state index contributed by atoms with van der Waals surface area (Å²) in [5.41, 5.74) is 6.04. The first-order valence-electron chi connectivity index (χ1n) is 10.0. The average Bonchev–Trinajstić information content (AvgIpc) is 2.86. The summed E-state index contributed by atoms with van der Waals surface area (Å²) in [6.45, 7) is 0. The van der Waals surface area contributed by atoms with E-state index in [0.717, 1.165) is 0 Å². The third-order valence-corrected chi connectivity index (χ3v) is 5.43. The van der Waals surface area contributed by atoms with Crippen molar-refractivity contribution in [3.05, 3.63) is 102 Å². The zero-order chi connectivity index (χ0) is 25.7. The zero-order valence-corrected chi connectivity index (χ0v) is 19.5. The highest BCUT2D eigenvalue weighted by atomic mass is 35.5. The van der Waals surface area contributed by atoms with Gasteiger partial charge in [-0.25, -0.2) is 0 Å². The fourth-order valence-corrected chi connectivity index (χ4v) is 3.48. The van der Waals surface area contributed by atoms with Crippen molar-refractivity contribution >= 4 is 69.4 Å². The molecule has 4 rings (SSSR count). The van der Waals surface area contributed by atoms with Gasteiger partial charge in [-0.15, -0.1) is 10.2 Å². The van der Waals surface area contributed by atoms with Gasteiger partial charge in [0.2, 0.25) is 0 Å². The van der Waals surface area contributed by atoms with E-state index in [4.69, 9.17) is 23.2 Å². The van der Waals surface area contributed by atoms with Gasteiger partial charge in [-0.2, -0.15) is 10.2 Å². The van der Waals surface area contributed by atoms with Gasteiger partial charge in [0, 0.05) is 34.0 Å². The van der Waals surface area contributed by atoms with Gasteiger partial charge in [-0.3, -0.25) is 31.1 Å². The lowest BCUT2D eigenvalue weighted by Gasteiger charge is -2.08. The molecular formula is C22H14Cl2N8O4. The Kier molecular flexibility index (Phi) is 7.28. The van der Waals surface area contributed by atoms with E-state index in [1.807, 2.05) is 0 Å². The third kappa shape index (κ3) is 5.51. The Morgan fingerprint density at radius 3 is 1.53 bits per heavy atom. The Morgan fingerprint density at radius 1 is 0.722 bits per heavy atom. The number of nitrogens with zero attached hydrogens (tertiary/aromatic N) is 6. The molecule has 3 aromatic carbocycles. The van der Waals surface area contributed by atoms with Crippen LogP contribution in [0.3, 0.4) is 0 Å². The van der Waals surface area contributed by atoms with Crippen molar-refractivity contribution in [2.24, 2.45) is 10.2 Å². The lowest BCUT2D eigenvalue weighted by Crippen LogP contribution is -2.02. The first-order chi connectivity index (χ1) is 17.3. The normalized spacial score (nSPS) is 11.3. The van der Waals surface area contributed by atoms with Gasteiger partial charge in [-0.1, -0.05) is 59.6 Å². The molecule has 180 valence electrons. The SMILES string of the molecule is O=[N+]([O-])c1cc(/C=N\Nc2nnc(N/N=C\c3ccc(Cl)c([N+](=O)[O-])c3)c3ccccc23)ccc1Cl. The predicted octanol–water partition coefficient (Wildman–Crippen LogP) is 5.65. The van der Waals surface area contributed by atoms with Crippen LogP contribution in [0.15, 0.2) is 70.9 Å². The molecule has 0 atom stereocenters. The Labute approximate surface area is 212 Å². The van der Waals surface area contributed by atoms with Crippen molar-refractivity contribution in [3.63, 3.8) is 0 Å². The maximum absolute atomic E-state index is 11.1. The van der Waals surface area contributed by atoms with Crippen LogP contribution >= 0.6 is 23.2 Å². The number of anilines is 2. The summed E-state index contributed by atoms with van der Waals surface area (Å²) in [6.07, 6.45) is 2.78. The van der Waals surface area contributed by atoms with E-state index in [0.29, 0.717) is 33.5 Å². The fraction of sp³-hybridized carbons (Fsp3) is 0. The monoisotopic (exact) mass is 524 g/mol. The van der Waals surface area contributed by atoms with E-state index in [9.17, 15) is 20.2 Å². The molecule has 12 nitrogen and oxygen atoms in total. The van der Waals surface area contributed by atoms with Crippen LogP contribution in [-0.2, 0) is 0 Å². The van der Waals surface area contributed by atoms with Gasteiger partial charge < -0.3 is 0 Å². The van der Waals surface area contributed by atoms with Crippen molar-refractivity contribution in [2.75, 3.05) is 10.9 Å². The van der Waals surface area contributed by atoms with Gasteiger partial charge in [0.15, 0.2) is 11.6 Å². The molecule has 1 heterocycles. The lowest BCUT2D eigenvalue weighted by molar-refractivity contribution is -0.384. The Morgan fingerprint density at radius 2 is 1.14 bits per heavy atom.